The first-order chi connectivity index (χ1) is 12.3. The first-order valence-electron chi connectivity index (χ1n) is 8.93. The number of aliphatic imine (C=N–C) groups is 1. The lowest BCUT2D eigenvalue weighted by atomic mass is 10.1. The molecule has 1 saturated heterocycles. The molecule has 1 unspecified atom stereocenters. The zero-order chi connectivity index (χ0) is 18.7. The number of hydrogen-bond acceptors (Lipinski definition) is 5. The van der Waals surface area contributed by atoms with Crippen LogP contribution in [-0.2, 0) is 16.4 Å². The van der Waals surface area contributed by atoms with Crippen LogP contribution in [0, 0.1) is 5.92 Å². The second kappa shape index (κ2) is 9.31. The number of fused-ring (bicyclic) bond motifs is 1. The predicted molar refractivity (Wildman–Crippen MR) is 117 cm³/mol. The molecule has 0 amide bonds. The van der Waals surface area contributed by atoms with E-state index in [0.29, 0.717) is 19.5 Å². The Morgan fingerprint density at radius 3 is 2.74 bits per heavy atom. The Bertz CT molecular complexity index is 783. The Labute approximate surface area is 178 Å². The molecule has 0 spiro atoms. The summed E-state index contributed by atoms with van der Waals surface area (Å²) in [7, 11) is -0.894. The minimum absolute atomic E-state index is 0. The SMILES string of the molecule is CC(C)NC(=NCC1CCS(=O)(=O)C1)N(C)Cc1ccc2c(c1)OCO2.I. The minimum Gasteiger partial charge on any atom is -0.454 e. The third-order valence-electron chi connectivity index (χ3n) is 4.46. The summed E-state index contributed by atoms with van der Waals surface area (Å²) in [5.41, 5.74) is 1.10. The normalized spacial score (nSPS) is 20.4. The van der Waals surface area contributed by atoms with E-state index in [1.165, 1.54) is 0 Å². The van der Waals surface area contributed by atoms with Gasteiger partial charge in [0.1, 0.15) is 0 Å². The van der Waals surface area contributed by atoms with Crippen LogP contribution in [0.3, 0.4) is 0 Å². The van der Waals surface area contributed by atoms with Gasteiger partial charge in [-0.05, 0) is 43.9 Å². The predicted octanol–water partition coefficient (Wildman–Crippen LogP) is 2.25. The van der Waals surface area contributed by atoms with Crippen molar-refractivity contribution in [2.75, 3.05) is 31.9 Å². The zero-order valence-electron chi connectivity index (χ0n) is 16.0. The van der Waals surface area contributed by atoms with Gasteiger partial charge in [-0.25, -0.2) is 8.42 Å². The standard InChI is InChI=1S/C18H27N3O4S.HI/c1-13(2)20-18(19-9-15-6-7-26(22,23)11-15)21(3)10-14-4-5-16-17(8-14)25-12-24-16;/h4-5,8,13,15H,6-7,9-12H2,1-3H3,(H,19,20);1H. The van der Waals surface area contributed by atoms with E-state index in [-0.39, 0.29) is 54.2 Å². The molecule has 3 rings (SSSR count). The van der Waals surface area contributed by atoms with Crippen molar-refractivity contribution in [2.24, 2.45) is 10.9 Å². The van der Waals surface area contributed by atoms with Crippen LogP contribution in [0.15, 0.2) is 23.2 Å². The molecule has 0 saturated carbocycles. The molecule has 1 aromatic carbocycles. The summed E-state index contributed by atoms with van der Waals surface area (Å²) in [5.74, 6) is 2.96. The fourth-order valence-corrected chi connectivity index (χ4v) is 5.00. The second-order valence-electron chi connectivity index (χ2n) is 7.28. The van der Waals surface area contributed by atoms with Crippen LogP contribution >= 0.6 is 24.0 Å². The van der Waals surface area contributed by atoms with Gasteiger partial charge in [0.25, 0.3) is 0 Å². The topological polar surface area (TPSA) is 80.2 Å². The van der Waals surface area contributed by atoms with E-state index in [1.54, 1.807) is 0 Å². The maximum Gasteiger partial charge on any atom is 0.231 e. The monoisotopic (exact) mass is 509 g/mol. The summed E-state index contributed by atoms with van der Waals surface area (Å²) in [6.07, 6.45) is 0.701. The molecule has 2 heterocycles. The number of halogens is 1. The van der Waals surface area contributed by atoms with Crippen LogP contribution < -0.4 is 14.8 Å². The molecule has 0 radical (unpaired) electrons. The van der Waals surface area contributed by atoms with Crippen molar-refractivity contribution in [3.8, 4) is 11.5 Å². The van der Waals surface area contributed by atoms with Crippen LogP contribution in [0.5, 0.6) is 11.5 Å². The number of guanidine groups is 1. The zero-order valence-corrected chi connectivity index (χ0v) is 19.1. The van der Waals surface area contributed by atoms with Gasteiger partial charge in [0.15, 0.2) is 27.3 Å². The molecule has 1 N–H and O–H groups in total. The highest BCUT2D eigenvalue weighted by atomic mass is 127. The summed E-state index contributed by atoms with van der Waals surface area (Å²) >= 11 is 0. The molecule has 2 aliphatic heterocycles. The van der Waals surface area contributed by atoms with Crippen LogP contribution in [0.25, 0.3) is 0 Å². The van der Waals surface area contributed by atoms with Crippen molar-refractivity contribution in [1.29, 1.82) is 0 Å². The fraction of sp³-hybridized carbons (Fsp3) is 0.611. The first kappa shape index (κ1) is 22.1. The van der Waals surface area contributed by atoms with E-state index in [2.05, 4.69) is 19.2 Å². The van der Waals surface area contributed by atoms with Gasteiger partial charge in [0.2, 0.25) is 6.79 Å². The molecular weight excluding hydrogens is 481 g/mol. The molecule has 9 heteroatoms. The van der Waals surface area contributed by atoms with Crippen molar-refractivity contribution in [3.63, 3.8) is 0 Å². The summed E-state index contributed by atoms with van der Waals surface area (Å²) in [6, 6.07) is 6.15. The average Bonchev–Trinajstić information content (AvgIpc) is 3.16. The van der Waals surface area contributed by atoms with E-state index in [4.69, 9.17) is 14.5 Å². The lowest BCUT2D eigenvalue weighted by molar-refractivity contribution is 0.174. The molecular formula is C18H28IN3O4S. The molecule has 1 aromatic rings. The molecule has 27 heavy (non-hydrogen) atoms. The summed E-state index contributed by atoms with van der Waals surface area (Å²) in [4.78, 5) is 6.73. The van der Waals surface area contributed by atoms with Gasteiger partial charge in [0.05, 0.1) is 11.5 Å². The van der Waals surface area contributed by atoms with Crippen molar-refractivity contribution in [3.05, 3.63) is 23.8 Å². The largest absolute Gasteiger partial charge is 0.454 e. The van der Waals surface area contributed by atoms with Crippen molar-refractivity contribution in [2.45, 2.75) is 32.9 Å². The van der Waals surface area contributed by atoms with E-state index < -0.39 is 9.84 Å². The smallest absolute Gasteiger partial charge is 0.231 e. The highest BCUT2D eigenvalue weighted by Gasteiger charge is 2.27. The van der Waals surface area contributed by atoms with Gasteiger partial charge in [0, 0.05) is 26.2 Å². The first-order valence-corrected chi connectivity index (χ1v) is 10.8. The lowest BCUT2D eigenvalue weighted by Crippen LogP contribution is -2.42. The Balaban J connectivity index is 0.00000261. The van der Waals surface area contributed by atoms with Crippen molar-refractivity contribution < 1.29 is 17.9 Å². The van der Waals surface area contributed by atoms with Gasteiger partial charge < -0.3 is 19.7 Å². The molecule has 2 aliphatic rings. The van der Waals surface area contributed by atoms with E-state index in [0.717, 1.165) is 23.0 Å². The van der Waals surface area contributed by atoms with Crippen LogP contribution in [0.4, 0.5) is 0 Å². The van der Waals surface area contributed by atoms with Crippen molar-refractivity contribution >= 4 is 39.8 Å². The molecule has 152 valence electrons. The maximum absolute atomic E-state index is 11.6. The Kier molecular flexibility index (Phi) is 7.61. The Morgan fingerprint density at radius 1 is 1.33 bits per heavy atom. The second-order valence-corrected chi connectivity index (χ2v) is 9.50. The molecule has 0 aromatic heterocycles. The van der Waals surface area contributed by atoms with Gasteiger partial charge >= 0.3 is 0 Å². The number of benzene rings is 1. The summed E-state index contributed by atoms with van der Waals surface area (Å²) in [5, 5.41) is 3.37. The molecule has 0 bridgehead atoms. The van der Waals surface area contributed by atoms with Crippen LogP contribution in [0.1, 0.15) is 25.8 Å². The highest BCUT2D eigenvalue weighted by Crippen LogP contribution is 2.32. The maximum atomic E-state index is 11.6. The molecule has 7 nitrogen and oxygen atoms in total. The third kappa shape index (κ3) is 6.13. The van der Waals surface area contributed by atoms with Gasteiger partial charge in [-0.15, -0.1) is 24.0 Å². The highest BCUT2D eigenvalue weighted by molar-refractivity contribution is 14.0. The average molecular weight is 509 g/mol. The quantitative estimate of drug-likeness (QED) is 0.373. The number of nitrogens with zero attached hydrogens (tertiary/aromatic N) is 2. The number of sulfone groups is 1. The van der Waals surface area contributed by atoms with Gasteiger partial charge in [-0.2, -0.15) is 0 Å². The molecule has 0 aliphatic carbocycles. The molecule has 1 atom stereocenters. The van der Waals surface area contributed by atoms with E-state index >= 15 is 0 Å². The number of rotatable bonds is 5. The summed E-state index contributed by atoms with van der Waals surface area (Å²) in [6.45, 7) is 5.58. The fourth-order valence-electron chi connectivity index (χ4n) is 3.15. The molecule has 1 fully saturated rings. The number of nitrogens with one attached hydrogen (secondary N) is 1. The Morgan fingerprint density at radius 2 is 2.07 bits per heavy atom. The third-order valence-corrected chi connectivity index (χ3v) is 6.30. The van der Waals surface area contributed by atoms with Gasteiger partial charge in [-0.1, -0.05) is 6.07 Å². The van der Waals surface area contributed by atoms with Crippen molar-refractivity contribution in [1.82, 2.24) is 10.2 Å². The lowest BCUT2D eigenvalue weighted by Gasteiger charge is -2.25. The van der Waals surface area contributed by atoms with E-state index in [9.17, 15) is 8.42 Å². The summed E-state index contributed by atoms with van der Waals surface area (Å²) < 4.78 is 34.1. The number of ether oxygens (including phenoxy) is 2. The van der Waals surface area contributed by atoms with Gasteiger partial charge in [-0.3, -0.25) is 4.99 Å². The van der Waals surface area contributed by atoms with Crippen LogP contribution in [-0.4, -0.2) is 57.2 Å². The Hall–Kier alpha value is -1.23. The number of hydrogen-bond donors (Lipinski definition) is 1. The van der Waals surface area contributed by atoms with E-state index in [1.807, 2.05) is 30.1 Å². The minimum atomic E-state index is -2.87. The van der Waals surface area contributed by atoms with Crippen LogP contribution in [0.2, 0.25) is 0 Å².